The molecule has 30 heavy (non-hydrogen) atoms. The number of alkyl halides is 3. The highest BCUT2D eigenvalue weighted by Gasteiger charge is 2.30. The minimum atomic E-state index is -4.50. The molecular formula is C23H19F3N2O2. The second-order valence-corrected chi connectivity index (χ2v) is 6.94. The van der Waals surface area contributed by atoms with Crippen LogP contribution in [-0.2, 0) is 6.18 Å². The second-order valence-electron chi connectivity index (χ2n) is 6.94. The Bertz CT molecular complexity index is 1090. The third-order valence-corrected chi connectivity index (χ3v) is 4.31. The Morgan fingerprint density at radius 1 is 0.700 bits per heavy atom. The van der Waals surface area contributed by atoms with Crippen molar-refractivity contribution in [3.05, 3.63) is 94.5 Å². The van der Waals surface area contributed by atoms with Gasteiger partial charge < -0.3 is 10.6 Å². The molecule has 0 saturated carbocycles. The second kappa shape index (κ2) is 8.41. The summed E-state index contributed by atoms with van der Waals surface area (Å²) < 4.78 is 38.5. The number of hydrogen-bond donors (Lipinski definition) is 2. The molecule has 0 aliphatic heterocycles. The molecule has 7 heteroatoms. The molecule has 0 bridgehead atoms. The van der Waals surface area contributed by atoms with Crippen molar-refractivity contribution in [2.24, 2.45) is 0 Å². The van der Waals surface area contributed by atoms with Crippen LogP contribution in [-0.4, -0.2) is 11.8 Å². The molecule has 3 aromatic rings. The summed E-state index contributed by atoms with van der Waals surface area (Å²) in [6.45, 7) is 3.78. The number of halogens is 3. The molecule has 0 atom stereocenters. The smallest absolute Gasteiger partial charge is 0.322 e. The molecule has 0 heterocycles. The number of amides is 2. The third-order valence-electron chi connectivity index (χ3n) is 4.31. The fraction of sp³-hybridized carbons (Fsp3) is 0.130. The lowest BCUT2D eigenvalue weighted by molar-refractivity contribution is -0.137. The van der Waals surface area contributed by atoms with Gasteiger partial charge in [0, 0.05) is 22.5 Å². The van der Waals surface area contributed by atoms with Gasteiger partial charge in [-0.05, 0) is 62.4 Å². The summed E-state index contributed by atoms with van der Waals surface area (Å²) in [6, 6.07) is 16.0. The number of carbonyl (C=O) groups excluding carboxylic acids is 2. The highest BCUT2D eigenvalue weighted by Crippen LogP contribution is 2.30. The standard InChI is InChI=1S/C23H19F3N2O2/c1-14-9-15(2)11-17(10-14)22(30)27-19-7-3-5-16(12-19)21(29)28-20-8-4-6-18(13-20)23(24,25)26/h3-13H,1-2H3,(H,27,30)(H,28,29). The Morgan fingerprint density at radius 3 is 1.83 bits per heavy atom. The molecule has 0 fully saturated rings. The summed E-state index contributed by atoms with van der Waals surface area (Å²) in [5.74, 6) is -0.908. The Morgan fingerprint density at radius 2 is 1.23 bits per heavy atom. The molecule has 154 valence electrons. The van der Waals surface area contributed by atoms with Crippen LogP contribution in [0.15, 0.2) is 66.7 Å². The molecule has 0 unspecified atom stereocenters. The Labute approximate surface area is 171 Å². The number of carbonyl (C=O) groups is 2. The normalized spacial score (nSPS) is 11.1. The van der Waals surface area contributed by atoms with E-state index in [1.165, 1.54) is 24.3 Å². The van der Waals surface area contributed by atoms with Gasteiger partial charge in [-0.15, -0.1) is 0 Å². The van der Waals surface area contributed by atoms with Crippen LogP contribution in [0.2, 0.25) is 0 Å². The zero-order valence-corrected chi connectivity index (χ0v) is 16.3. The van der Waals surface area contributed by atoms with Crippen molar-refractivity contribution in [2.75, 3.05) is 10.6 Å². The molecule has 0 saturated heterocycles. The number of nitrogens with one attached hydrogen (secondary N) is 2. The van der Waals surface area contributed by atoms with E-state index in [0.29, 0.717) is 11.3 Å². The summed E-state index contributed by atoms with van der Waals surface area (Å²) in [5.41, 5.74) is 2.17. The SMILES string of the molecule is Cc1cc(C)cc(C(=O)Nc2cccc(C(=O)Nc3cccc(C(F)(F)F)c3)c2)c1. The van der Waals surface area contributed by atoms with Gasteiger partial charge in [-0.25, -0.2) is 0 Å². The van der Waals surface area contributed by atoms with E-state index in [2.05, 4.69) is 10.6 Å². The topological polar surface area (TPSA) is 58.2 Å². The molecule has 2 N–H and O–H groups in total. The fourth-order valence-corrected chi connectivity index (χ4v) is 3.02. The summed E-state index contributed by atoms with van der Waals surface area (Å²) in [4.78, 5) is 25.0. The zero-order valence-electron chi connectivity index (χ0n) is 16.3. The van der Waals surface area contributed by atoms with Crippen LogP contribution in [0.1, 0.15) is 37.4 Å². The van der Waals surface area contributed by atoms with Crippen LogP contribution in [0.25, 0.3) is 0 Å². The molecule has 0 radical (unpaired) electrons. The van der Waals surface area contributed by atoms with E-state index in [9.17, 15) is 22.8 Å². The number of rotatable bonds is 4. The van der Waals surface area contributed by atoms with Crippen molar-refractivity contribution in [3.63, 3.8) is 0 Å². The molecule has 0 aliphatic rings. The van der Waals surface area contributed by atoms with Crippen LogP contribution in [0.3, 0.4) is 0 Å². The van der Waals surface area contributed by atoms with Gasteiger partial charge in [0.15, 0.2) is 0 Å². The quantitative estimate of drug-likeness (QED) is 0.567. The first-order valence-corrected chi connectivity index (χ1v) is 9.10. The zero-order chi connectivity index (χ0) is 21.9. The monoisotopic (exact) mass is 412 g/mol. The Hall–Kier alpha value is -3.61. The summed E-state index contributed by atoms with van der Waals surface area (Å²) in [5, 5.41) is 5.18. The molecule has 0 aliphatic carbocycles. The van der Waals surface area contributed by atoms with Crippen molar-refractivity contribution < 1.29 is 22.8 Å². The lowest BCUT2D eigenvalue weighted by atomic mass is 10.1. The minimum Gasteiger partial charge on any atom is -0.322 e. The summed E-state index contributed by atoms with van der Waals surface area (Å²) in [7, 11) is 0. The van der Waals surface area contributed by atoms with Gasteiger partial charge in [-0.1, -0.05) is 29.3 Å². The summed E-state index contributed by atoms with van der Waals surface area (Å²) >= 11 is 0. The van der Waals surface area contributed by atoms with Gasteiger partial charge in [0.2, 0.25) is 0 Å². The third kappa shape index (κ3) is 5.26. The first-order chi connectivity index (χ1) is 14.1. The van der Waals surface area contributed by atoms with Crippen LogP contribution >= 0.6 is 0 Å². The van der Waals surface area contributed by atoms with Crippen molar-refractivity contribution in [2.45, 2.75) is 20.0 Å². The van der Waals surface area contributed by atoms with E-state index < -0.39 is 17.6 Å². The van der Waals surface area contributed by atoms with Crippen LogP contribution < -0.4 is 10.6 Å². The lowest BCUT2D eigenvalue weighted by Crippen LogP contribution is -2.15. The predicted octanol–water partition coefficient (Wildman–Crippen LogP) is 5.83. The minimum absolute atomic E-state index is 0.0273. The van der Waals surface area contributed by atoms with Crippen LogP contribution in [0, 0.1) is 13.8 Å². The number of hydrogen-bond acceptors (Lipinski definition) is 2. The largest absolute Gasteiger partial charge is 0.416 e. The maximum absolute atomic E-state index is 12.8. The van der Waals surface area contributed by atoms with E-state index in [-0.39, 0.29) is 17.2 Å². The van der Waals surface area contributed by atoms with E-state index >= 15 is 0 Å². The van der Waals surface area contributed by atoms with E-state index in [1.54, 1.807) is 24.3 Å². The highest BCUT2D eigenvalue weighted by atomic mass is 19.4. The van der Waals surface area contributed by atoms with Gasteiger partial charge in [0.1, 0.15) is 0 Å². The van der Waals surface area contributed by atoms with E-state index in [0.717, 1.165) is 23.3 Å². The molecular weight excluding hydrogens is 393 g/mol. The molecule has 4 nitrogen and oxygen atoms in total. The molecule has 0 aromatic heterocycles. The van der Waals surface area contributed by atoms with Gasteiger partial charge >= 0.3 is 6.18 Å². The number of anilines is 2. The van der Waals surface area contributed by atoms with Crippen molar-refractivity contribution in [1.82, 2.24) is 0 Å². The molecule has 0 spiro atoms. The van der Waals surface area contributed by atoms with E-state index in [4.69, 9.17) is 0 Å². The lowest BCUT2D eigenvalue weighted by Gasteiger charge is -2.11. The Balaban J connectivity index is 1.75. The molecule has 3 aromatic carbocycles. The van der Waals surface area contributed by atoms with Crippen LogP contribution in [0.5, 0.6) is 0 Å². The Kier molecular flexibility index (Phi) is 5.91. The first kappa shape index (κ1) is 21.1. The average molecular weight is 412 g/mol. The number of benzene rings is 3. The van der Waals surface area contributed by atoms with Gasteiger partial charge in [-0.3, -0.25) is 9.59 Å². The molecule has 3 rings (SSSR count). The maximum Gasteiger partial charge on any atom is 0.416 e. The maximum atomic E-state index is 12.8. The van der Waals surface area contributed by atoms with Gasteiger partial charge in [0.25, 0.3) is 11.8 Å². The summed E-state index contributed by atoms with van der Waals surface area (Å²) in [6.07, 6.45) is -4.50. The number of aryl methyl sites for hydroxylation is 2. The van der Waals surface area contributed by atoms with Crippen LogP contribution in [0.4, 0.5) is 24.5 Å². The first-order valence-electron chi connectivity index (χ1n) is 9.10. The van der Waals surface area contributed by atoms with Crippen molar-refractivity contribution in [1.29, 1.82) is 0 Å². The van der Waals surface area contributed by atoms with Crippen molar-refractivity contribution in [3.8, 4) is 0 Å². The predicted molar refractivity (Wildman–Crippen MR) is 110 cm³/mol. The van der Waals surface area contributed by atoms with Gasteiger partial charge in [-0.2, -0.15) is 13.2 Å². The average Bonchev–Trinajstić information content (AvgIpc) is 2.67. The fourth-order valence-electron chi connectivity index (χ4n) is 3.02. The van der Waals surface area contributed by atoms with E-state index in [1.807, 2.05) is 19.9 Å². The highest BCUT2D eigenvalue weighted by molar-refractivity contribution is 6.07. The van der Waals surface area contributed by atoms with Crippen molar-refractivity contribution >= 4 is 23.2 Å². The van der Waals surface area contributed by atoms with Gasteiger partial charge in [0.05, 0.1) is 5.56 Å². The molecule has 2 amide bonds.